The molecule has 2 heteroatoms. The van der Waals surface area contributed by atoms with Gasteiger partial charge < -0.3 is 4.57 Å². The zero-order chi connectivity index (χ0) is 13.3. The van der Waals surface area contributed by atoms with Crippen molar-refractivity contribution in [3.8, 4) is 0 Å². The van der Waals surface area contributed by atoms with Gasteiger partial charge in [0.1, 0.15) is 0 Å². The average Bonchev–Trinajstić information content (AvgIpc) is 3.04. The van der Waals surface area contributed by atoms with Crippen LogP contribution >= 0.6 is 0 Å². The van der Waals surface area contributed by atoms with Gasteiger partial charge in [0.15, 0.2) is 0 Å². The maximum atomic E-state index is 4.06. The lowest BCUT2D eigenvalue weighted by Gasteiger charge is -2.22. The van der Waals surface area contributed by atoms with Crippen molar-refractivity contribution in [2.45, 2.75) is 51.5 Å². The van der Waals surface area contributed by atoms with E-state index in [1.54, 1.807) is 0 Å². The molecule has 0 atom stereocenters. The van der Waals surface area contributed by atoms with Gasteiger partial charge in [-0.05, 0) is 24.8 Å². The SMILES string of the molecule is CCc1ccccc1.c1cn(C2CCCCC2)cn1. The van der Waals surface area contributed by atoms with Crippen molar-refractivity contribution < 1.29 is 0 Å². The molecule has 1 aliphatic rings. The van der Waals surface area contributed by atoms with Crippen LogP contribution in [0.4, 0.5) is 0 Å². The second-order valence-electron chi connectivity index (χ2n) is 5.14. The number of hydrogen-bond acceptors (Lipinski definition) is 1. The molecule has 1 aliphatic carbocycles. The third-order valence-corrected chi connectivity index (χ3v) is 3.77. The topological polar surface area (TPSA) is 17.8 Å². The first kappa shape index (κ1) is 13.9. The molecule has 1 aromatic heterocycles. The molecule has 0 unspecified atom stereocenters. The molecule has 0 N–H and O–H groups in total. The van der Waals surface area contributed by atoms with Crippen LogP contribution in [0.15, 0.2) is 49.1 Å². The maximum Gasteiger partial charge on any atom is 0.0948 e. The Morgan fingerprint density at radius 3 is 2.37 bits per heavy atom. The summed E-state index contributed by atoms with van der Waals surface area (Å²) in [5.41, 5.74) is 1.41. The monoisotopic (exact) mass is 256 g/mol. The number of imidazole rings is 1. The van der Waals surface area contributed by atoms with E-state index in [-0.39, 0.29) is 0 Å². The Morgan fingerprint density at radius 2 is 1.84 bits per heavy atom. The summed E-state index contributed by atoms with van der Waals surface area (Å²) in [4.78, 5) is 4.06. The Balaban J connectivity index is 0.000000148. The summed E-state index contributed by atoms with van der Waals surface area (Å²) in [5, 5.41) is 0. The van der Waals surface area contributed by atoms with Gasteiger partial charge in [-0.3, -0.25) is 0 Å². The molecule has 19 heavy (non-hydrogen) atoms. The molecule has 102 valence electrons. The second-order valence-corrected chi connectivity index (χ2v) is 5.14. The Bertz CT molecular complexity index is 428. The van der Waals surface area contributed by atoms with Crippen LogP contribution in [0.2, 0.25) is 0 Å². The lowest BCUT2D eigenvalue weighted by Crippen LogP contribution is -2.10. The van der Waals surface area contributed by atoms with Gasteiger partial charge in [0.2, 0.25) is 0 Å². The maximum absolute atomic E-state index is 4.06. The van der Waals surface area contributed by atoms with Crippen LogP contribution in [-0.2, 0) is 6.42 Å². The molecular weight excluding hydrogens is 232 g/mol. The fourth-order valence-electron chi connectivity index (χ4n) is 2.58. The Kier molecular flexibility index (Phi) is 5.67. The van der Waals surface area contributed by atoms with Crippen molar-refractivity contribution in [3.05, 3.63) is 54.6 Å². The summed E-state index contributed by atoms with van der Waals surface area (Å²) in [6.45, 7) is 2.16. The summed E-state index contributed by atoms with van der Waals surface area (Å²) >= 11 is 0. The highest BCUT2D eigenvalue weighted by molar-refractivity contribution is 5.13. The summed E-state index contributed by atoms with van der Waals surface area (Å²) in [6.07, 6.45) is 13.9. The quantitative estimate of drug-likeness (QED) is 0.765. The number of aryl methyl sites for hydroxylation is 1. The van der Waals surface area contributed by atoms with Gasteiger partial charge in [-0.2, -0.15) is 0 Å². The van der Waals surface area contributed by atoms with E-state index >= 15 is 0 Å². The summed E-state index contributed by atoms with van der Waals surface area (Å²) < 4.78 is 2.25. The highest BCUT2D eigenvalue weighted by Gasteiger charge is 2.13. The lowest BCUT2D eigenvalue weighted by atomic mass is 9.95. The van der Waals surface area contributed by atoms with Gasteiger partial charge in [-0.1, -0.05) is 56.5 Å². The Hall–Kier alpha value is -1.57. The largest absolute Gasteiger partial charge is 0.334 e. The standard InChI is InChI=1S/C9H14N2.C8H10/c1-2-4-9(5-3-1)11-7-6-10-8-11;1-2-8-6-4-3-5-7-8/h6-9H,1-5H2;3-7H,2H2,1H3. The van der Waals surface area contributed by atoms with E-state index < -0.39 is 0 Å². The predicted molar refractivity (Wildman–Crippen MR) is 80.2 cm³/mol. The van der Waals surface area contributed by atoms with E-state index in [0.29, 0.717) is 0 Å². The van der Waals surface area contributed by atoms with E-state index in [1.807, 2.05) is 18.6 Å². The number of hydrogen-bond donors (Lipinski definition) is 0. The first-order chi connectivity index (χ1) is 9.40. The first-order valence-electron chi connectivity index (χ1n) is 7.41. The van der Waals surface area contributed by atoms with Crippen LogP contribution in [0.3, 0.4) is 0 Å². The third-order valence-electron chi connectivity index (χ3n) is 3.77. The van der Waals surface area contributed by atoms with Crippen molar-refractivity contribution in [2.24, 2.45) is 0 Å². The molecule has 2 aromatic rings. The van der Waals surface area contributed by atoms with E-state index in [0.717, 1.165) is 12.5 Å². The zero-order valence-electron chi connectivity index (χ0n) is 11.8. The van der Waals surface area contributed by atoms with Gasteiger partial charge in [0.05, 0.1) is 6.33 Å². The molecule has 0 amide bonds. The molecule has 1 fully saturated rings. The molecular formula is C17H24N2. The molecule has 2 nitrogen and oxygen atoms in total. The smallest absolute Gasteiger partial charge is 0.0948 e. The first-order valence-corrected chi connectivity index (χ1v) is 7.41. The zero-order valence-corrected chi connectivity index (χ0v) is 11.8. The molecule has 1 saturated carbocycles. The molecule has 0 aliphatic heterocycles. The van der Waals surface area contributed by atoms with Crippen LogP contribution in [0.25, 0.3) is 0 Å². The highest BCUT2D eigenvalue weighted by Crippen LogP contribution is 2.27. The van der Waals surface area contributed by atoms with Gasteiger partial charge in [0.25, 0.3) is 0 Å². The van der Waals surface area contributed by atoms with E-state index in [4.69, 9.17) is 0 Å². The van der Waals surface area contributed by atoms with Crippen LogP contribution < -0.4 is 0 Å². The van der Waals surface area contributed by atoms with Crippen molar-refractivity contribution in [1.29, 1.82) is 0 Å². The van der Waals surface area contributed by atoms with Crippen LogP contribution in [-0.4, -0.2) is 9.55 Å². The second kappa shape index (κ2) is 7.78. The van der Waals surface area contributed by atoms with Crippen molar-refractivity contribution >= 4 is 0 Å². The van der Waals surface area contributed by atoms with Gasteiger partial charge in [0, 0.05) is 18.4 Å². The van der Waals surface area contributed by atoms with Crippen molar-refractivity contribution in [3.63, 3.8) is 0 Å². The summed E-state index contributed by atoms with van der Waals surface area (Å²) in [6, 6.07) is 11.2. The van der Waals surface area contributed by atoms with Crippen molar-refractivity contribution in [1.82, 2.24) is 9.55 Å². The molecule has 0 spiro atoms. The molecule has 0 radical (unpaired) electrons. The molecule has 3 rings (SSSR count). The Morgan fingerprint density at radius 1 is 1.11 bits per heavy atom. The fourth-order valence-corrected chi connectivity index (χ4v) is 2.58. The predicted octanol–water partition coefficient (Wildman–Crippen LogP) is 4.64. The van der Waals surface area contributed by atoms with E-state index in [1.165, 1.54) is 37.7 Å². The molecule has 1 heterocycles. The fraction of sp³-hybridized carbons (Fsp3) is 0.471. The third kappa shape index (κ3) is 4.55. The molecule has 0 saturated heterocycles. The van der Waals surface area contributed by atoms with Gasteiger partial charge >= 0.3 is 0 Å². The van der Waals surface area contributed by atoms with Gasteiger partial charge in [-0.25, -0.2) is 4.98 Å². The minimum atomic E-state index is 0.742. The Labute approximate surface area is 116 Å². The molecule has 0 bridgehead atoms. The molecule has 1 aromatic carbocycles. The number of benzene rings is 1. The highest BCUT2D eigenvalue weighted by atomic mass is 15.0. The van der Waals surface area contributed by atoms with Crippen molar-refractivity contribution in [2.75, 3.05) is 0 Å². The number of nitrogens with zero attached hydrogens (tertiary/aromatic N) is 2. The van der Waals surface area contributed by atoms with Crippen LogP contribution in [0.1, 0.15) is 50.6 Å². The minimum absolute atomic E-state index is 0.742. The average molecular weight is 256 g/mol. The number of rotatable bonds is 2. The van der Waals surface area contributed by atoms with Crippen LogP contribution in [0.5, 0.6) is 0 Å². The minimum Gasteiger partial charge on any atom is -0.334 e. The van der Waals surface area contributed by atoms with Gasteiger partial charge in [-0.15, -0.1) is 0 Å². The van der Waals surface area contributed by atoms with Crippen LogP contribution in [0, 0.1) is 0 Å². The normalized spacial score (nSPS) is 15.6. The number of aromatic nitrogens is 2. The summed E-state index contributed by atoms with van der Waals surface area (Å²) in [7, 11) is 0. The lowest BCUT2D eigenvalue weighted by molar-refractivity contribution is 0.353. The van der Waals surface area contributed by atoms with E-state index in [9.17, 15) is 0 Å². The van der Waals surface area contributed by atoms with E-state index in [2.05, 4.69) is 46.9 Å². The summed E-state index contributed by atoms with van der Waals surface area (Å²) in [5.74, 6) is 0.